The van der Waals surface area contributed by atoms with Crippen LogP contribution in [0.2, 0.25) is 0 Å². The third-order valence-corrected chi connectivity index (χ3v) is 4.44. The van der Waals surface area contributed by atoms with Gasteiger partial charge in [0.15, 0.2) is 0 Å². The first-order chi connectivity index (χ1) is 14.0. The van der Waals surface area contributed by atoms with Gasteiger partial charge in [-0.25, -0.2) is 0 Å². The Bertz CT molecular complexity index is 921. The summed E-state index contributed by atoms with van der Waals surface area (Å²) >= 11 is 0. The quantitative estimate of drug-likeness (QED) is 0.425. The molecule has 0 radical (unpaired) electrons. The number of non-ortho nitro benzene ring substituents is 1. The number of carbonyl (C=O) groups is 2. The fourth-order valence-corrected chi connectivity index (χ4v) is 2.94. The van der Waals surface area contributed by atoms with E-state index in [1.165, 1.54) is 24.3 Å². The molecule has 1 saturated heterocycles. The van der Waals surface area contributed by atoms with Crippen molar-refractivity contribution in [2.24, 2.45) is 0 Å². The summed E-state index contributed by atoms with van der Waals surface area (Å²) in [4.78, 5) is 35.7. The van der Waals surface area contributed by atoms with Crippen molar-refractivity contribution in [2.45, 2.75) is 18.9 Å². The summed E-state index contributed by atoms with van der Waals surface area (Å²) in [6, 6.07) is 14.3. The number of hydrogen-bond acceptors (Lipinski definition) is 5. The molecule has 1 aliphatic heterocycles. The minimum absolute atomic E-state index is 0.00246. The molecule has 2 aromatic carbocycles. The number of nitrogens with zero attached hydrogens (tertiary/aromatic N) is 1. The molecule has 1 heterocycles. The summed E-state index contributed by atoms with van der Waals surface area (Å²) in [7, 11) is 0. The first-order valence-electron chi connectivity index (χ1n) is 9.25. The Morgan fingerprint density at radius 1 is 1.17 bits per heavy atom. The third kappa shape index (κ3) is 5.73. The van der Waals surface area contributed by atoms with Gasteiger partial charge >= 0.3 is 0 Å². The van der Waals surface area contributed by atoms with E-state index in [4.69, 9.17) is 4.74 Å². The number of benzene rings is 2. The molecule has 1 unspecified atom stereocenters. The van der Waals surface area contributed by atoms with Gasteiger partial charge < -0.3 is 15.4 Å². The summed E-state index contributed by atoms with van der Waals surface area (Å²) in [5, 5.41) is 16.4. The van der Waals surface area contributed by atoms with E-state index < -0.39 is 16.7 Å². The maximum atomic E-state index is 12.7. The molecule has 0 bridgehead atoms. The van der Waals surface area contributed by atoms with Crippen LogP contribution in [0.3, 0.4) is 0 Å². The van der Waals surface area contributed by atoms with Crippen molar-refractivity contribution in [3.63, 3.8) is 0 Å². The lowest BCUT2D eigenvalue weighted by Crippen LogP contribution is -2.38. The number of nitro benzene ring substituents is 1. The van der Waals surface area contributed by atoms with E-state index in [1.807, 2.05) is 0 Å². The number of amides is 2. The van der Waals surface area contributed by atoms with Gasteiger partial charge in [-0.3, -0.25) is 19.7 Å². The predicted molar refractivity (Wildman–Crippen MR) is 107 cm³/mol. The standard InChI is InChI=1S/C21H21N3O5/c25-20(16-7-2-1-3-8-16)23-19(21(26)22-14-18-10-5-11-29-18)13-15-6-4-9-17(12-15)24(27)28/h1-4,6-9,12-13,18H,5,10-11,14H2,(H,22,26)(H,23,25)/b19-13-. The lowest BCUT2D eigenvalue weighted by atomic mass is 10.1. The van der Waals surface area contributed by atoms with Crippen molar-refractivity contribution < 1.29 is 19.2 Å². The smallest absolute Gasteiger partial charge is 0.270 e. The van der Waals surface area contributed by atoms with Crippen LogP contribution in [0.15, 0.2) is 60.3 Å². The molecule has 0 spiro atoms. The zero-order chi connectivity index (χ0) is 20.6. The van der Waals surface area contributed by atoms with E-state index in [0.29, 0.717) is 24.3 Å². The highest BCUT2D eigenvalue weighted by atomic mass is 16.6. The van der Waals surface area contributed by atoms with E-state index in [1.54, 1.807) is 36.4 Å². The van der Waals surface area contributed by atoms with Gasteiger partial charge in [0.25, 0.3) is 17.5 Å². The molecular weight excluding hydrogens is 374 g/mol. The molecule has 2 aromatic rings. The second-order valence-corrected chi connectivity index (χ2v) is 6.58. The van der Waals surface area contributed by atoms with Crippen LogP contribution in [-0.4, -0.2) is 36.0 Å². The molecule has 0 saturated carbocycles. The summed E-state index contributed by atoms with van der Waals surface area (Å²) in [6.07, 6.45) is 3.17. The summed E-state index contributed by atoms with van der Waals surface area (Å²) in [6.45, 7) is 0.994. The molecule has 3 rings (SSSR count). The topological polar surface area (TPSA) is 111 Å². The average Bonchev–Trinajstić information content (AvgIpc) is 3.26. The van der Waals surface area contributed by atoms with Gasteiger partial charge in [0.1, 0.15) is 5.70 Å². The fraction of sp³-hybridized carbons (Fsp3) is 0.238. The zero-order valence-electron chi connectivity index (χ0n) is 15.7. The van der Waals surface area contributed by atoms with E-state index in [9.17, 15) is 19.7 Å². The van der Waals surface area contributed by atoms with E-state index in [0.717, 1.165) is 12.8 Å². The highest BCUT2D eigenvalue weighted by Gasteiger charge is 2.19. The van der Waals surface area contributed by atoms with Crippen molar-refractivity contribution >= 4 is 23.6 Å². The van der Waals surface area contributed by atoms with Crippen LogP contribution in [0.25, 0.3) is 6.08 Å². The Hall–Kier alpha value is -3.52. The largest absolute Gasteiger partial charge is 0.376 e. The second-order valence-electron chi connectivity index (χ2n) is 6.58. The lowest BCUT2D eigenvalue weighted by molar-refractivity contribution is -0.384. The minimum Gasteiger partial charge on any atom is -0.376 e. The Morgan fingerprint density at radius 2 is 1.97 bits per heavy atom. The van der Waals surface area contributed by atoms with Crippen LogP contribution in [0.4, 0.5) is 5.69 Å². The highest BCUT2D eigenvalue weighted by molar-refractivity contribution is 6.05. The molecular formula is C21H21N3O5. The number of rotatable bonds is 7. The Kier molecular flexibility index (Phi) is 6.70. The number of carbonyl (C=O) groups excluding carboxylic acids is 2. The van der Waals surface area contributed by atoms with E-state index >= 15 is 0 Å². The molecule has 0 aliphatic carbocycles. The molecule has 150 valence electrons. The van der Waals surface area contributed by atoms with Gasteiger partial charge in [-0.2, -0.15) is 0 Å². The fourth-order valence-electron chi connectivity index (χ4n) is 2.94. The monoisotopic (exact) mass is 395 g/mol. The summed E-state index contributed by atoms with van der Waals surface area (Å²) in [5.74, 6) is -0.939. The average molecular weight is 395 g/mol. The maximum Gasteiger partial charge on any atom is 0.270 e. The zero-order valence-corrected chi connectivity index (χ0v) is 15.7. The normalized spacial score (nSPS) is 16.3. The maximum absolute atomic E-state index is 12.7. The lowest BCUT2D eigenvalue weighted by Gasteiger charge is -2.14. The van der Waals surface area contributed by atoms with Crippen molar-refractivity contribution in [1.82, 2.24) is 10.6 Å². The van der Waals surface area contributed by atoms with Crippen LogP contribution in [0.5, 0.6) is 0 Å². The minimum atomic E-state index is -0.517. The number of ether oxygens (including phenoxy) is 1. The van der Waals surface area contributed by atoms with Gasteiger partial charge in [-0.05, 0) is 36.6 Å². The van der Waals surface area contributed by atoms with Gasteiger partial charge in [0.2, 0.25) is 0 Å². The van der Waals surface area contributed by atoms with Crippen LogP contribution >= 0.6 is 0 Å². The molecule has 8 heteroatoms. The van der Waals surface area contributed by atoms with E-state index in [-0.39, 0.29) is 17.5 Å². The highest BCUT2D eigenvalue weighted by Crippen LogP contribution is 2.16. The molecule has 1 aliphatic rings. The molecule has 0 aromatic heterocycles. The molecule has 8 nitrogen and oxygen atoms in total. The van der Waals surface area contributed by atoms with Crippen LogP contribution < -0.4 is 10.6 Å². The third-order valence-electron chi connectivity index (χ3n) is 4.44. The van der Waals surface area contributed by atoms with Gasteiger partial charge in [0.05, 0.1) is 11.0 Å². The first kappa shape index (κ1) is 20.2. The SMILES string of the molecule is O=C(NCC1CCCO1)/C(=C/c1cccc([N+](=O)[O-])c1)NC(=O)c1ccccc1. The van der Waals surface area contributed by atoms with Crippen LogP contribution in [0.1, 0.15) is 28.8 Å². The van der Waals surface area contributed by atoms with Crippen molar-refractivity contribution in [3.8, 4) is 0 Å². The van der Waals surface area contributed by atoms with Gasteiger partial charge in [-0.1, -0.05) is 30.3 Å². The molecule has 1 fully saturated rings. The Labute approximate surface area is 167 Å². The van der Waals surface area contributed by atoms with E-state index in [2.05, 4.69) is 10.6 Å². The number of nitro groups is 1. The van der Waals surface area contributed by atoms with Crippen molar-refractivity contribution in [3.05, 3.63) is 81.5 Å². The van der Waals surface area contributed by atoms with Crippen LogP contribution in [0, 0.1) is 10.1 Å². The first-order valence-corrected chi connectivity index (χ1v) is 9.25. The Balaban J connectivity index is 1.81. The summed E-state index contributed by atoms with van der Waals surface area (Å²) in [5.41, 5.74) is 0.712. The Morgan fingerprint density at radius 3 is 2.66 bits per heavy atom. The molecule has 2 amide bonds. The summed E-state index contributed by atoms with van der Waals surface area (Å²) < 4.78 is 5.50. The van der Waals surface area contributed by atoms with Crippen molar-refractivity contribution in [2.75, 3.05) is 13.2 Å². The van der Waals surface area contributed by atoms with Crippen molar-refractivity contribution in [1.29, 1.82) is 0 Å². The molecule has 2 N–H and O–H groups in total. The predicted octanol–water partition coefficient (Wildman–Crippen LogP) is 2.66. The second kappa shape index (κ2) is 9.61. The van der Waals surface area contributed by atoms with Crippen LogP contribution in [-0.2, 0) is 9.53 Å². The number of nitrogens with one attached hydrogen (secondary N) is 2. The van der Waals surface area contributed by atoms with Gasteiger partial charge in [-0.15, -0.1) is 0 Å². The number of hydrogen-bond donors (Lipinski definition) is 2. The van der Waals surface area contributed by atoms with Gasteiger partial charge in [0, 0.05) is 30.8 Å². The molecule has 1 atom stereocenters. The molecule has 29 heavy (non-hydrogen) atoms.